The number of carboxylic acids is 2. The van der Waals surface area contributed by atoms with Crippen LogP contribution in [0.1, 0.15) is 66.9 Å². The number of hydrogen-bond donors (Lipinski definition) is 3. The predicted molar refractivity (Wildman–Crippen MR) is 148 cm³/mol. The van der Waals surface area contributed by atoms with Crippen LogP contribution in [0.3, 0.4) is 0 Å². The van der Waals surface area contributed by atoms with E-state index in [-0.39, 0.29) is 18.1 Å². The molecule has 0 aromatic heterocycles. The van der Waals surface area contributed by atoms with Gasteiger partial charge in [0.2, 0.25) is 0 Å². The Kier molecular flexibility index (Phi) is 10.2. The maximum Gasteiger partial charge on any atom is 0.322 e. The van der Waals surface area contributed by atoms with E-state index in [1.807, 2.05) is 38.1 Å². The van der Waals surface area contributed by atoms with Crippen LogP contribution in [0.5, 0.6) is 5.75 Å². The van der Waals surface area contributed by atoms with Gasteiger partial charge in [-0.3, -0.25) is 14.4 Å². The first kappa shape index (κ1) is 29.4. The van der Waals surface area contributed by atoms with Crippen LogP contribution in [0.15, 0.2) is 78.9 Å². The first-order valence-corrected chi connectivity index (χ1v) is 13.0. The normalized spacial score (nSPS) is 11.3. The topological polar surface area (TPSA) is 124 Å². The second-order valence-corrected chi connectivity index (χ2v) is 9.49. The number of nitrogens with zero attached hydrogens (tertiary/aromatic N) is 1. The lowest BCUT2D eigenvalue weighted by Crippen LogP contribution is -2.34. The van der Waals surface area contributed by atoms with Gasteiger partial charge in [-0.05, 0) is 61.1 Å². The molecule has 0 spiro atoms. The van der Waals surface area contributed by atoms with Crippen molar-refractivity contribution in [1.82, 2.24) is 0 Å². The summed E-state index contributed by atoms with van der Waals surface area (Å²) in [5.74, 6) is -4.09. The summed E-state index contributed by atoms with van der Waals surface area (Å²) in [5.41, 5.74) is 1.38. The first-order valence-electron chi connectivity index (χ1n) is 13.0. The fourth-order valence-corrected chi connectivity index (χ4v) is 4.36. The fraction of sp³-hybridized carbons (Fsp3) is 0.323. The largest absolute Gasteiger partial charge is 0.489 e. The molecule has 1 amide bonds. The molecule has 39 heavy (non-hydrogen) atoms. The van der Waals surface area contributed by atoms with Crippen LogP contribution < -0.4 is 9.64 Å². The molecule has 0 aliphatic rings. The number of hydrogen-bond acceptors (Lipinski definition) is 5. The molecule has 0 saturated heterocycles. The SMILES string of the molecule is CCC(O)(CC)CCCN(C(=O)c1ccccc1)c1cccc(OCc2ccc(C(C(=O)O)C(=O)O)cc2)c1. The molecular weight excluding hydrogens is 498 g/mol. The van der Waals surface area contributed by atoms with Gasteiger partial charge in [0.1, 0.15) is 12.4 Å². The highest BCUT2D eigenvalue weighted by atomic mass is 16.5. The van der Waals surface area contributed by atoms with Gasteiger partial charge in [-0.2, -0.15) is 0 Å². The zero-order valence-corrected chi connectivity index (χ0v) is 22.2. The highest BCUT2D eigenvalue weighted by Crippen LogP contribution is 2.27. The van der Waals surface area contributed by atoms with Gasteiger partial charge in [-0.1, -0.05) is 62.4 Å². The summed E-state index contributed by atoms with van der Waals surface area (Å²) >= 11 is 0. The molecule has 0 bridgehead atoms. The number of anilines is 1. The van der Waals surface area contributed by atoms with Crippen molar-refractivity contribution in [3.8, 4) is 5.75 Å². The summed E-state index contributed by atoms with van der Waals surface area (Å²) in [6.45, 7) is 4.51. The van der Waals surface area contributed by atoms with E-state index in [2.05, 4.69) is 0 Å². The lowest BCUT2D eigenvalue weighted by molar-refractivity contribution is -0.150. The number of carbonyl (C=O) groups is 3. The highest BCUT2D eigenvalue weighted by molar-refractivity contribution is 6.06. The highest BCUT2D eigenvalue weighted by Gasteiger charge is 2.27. The number of carboxylic acid groups (broad SMARTS) is 2. The van der Waals surface area contributed by atoms with Crippen molar-refractivity contribution in [3.63, 3.8) is 0 Å². The summed E-state index contributed by atoms with van der Waals surface area (Å²) in [7, 11) is 0. The number of benzene rings is 3. The molecule has 0 unspecified atom stereocenters. The van der Waals surface area contributed by atoms with E-state index in [0.717, 1.165) is 5.56 Å². The number of carbonyl (C=O) groups excluding carboxylic acids is 1. The molecule has 8 nitrogen and oxygen atoms in total. The Morgan fingerprint density at radius 3 is 2.10 bits per heavy atom. The van der Waals surface area contributed by atoms with Crippen LogP contribution >= 0.6 is 0 Å². The van der Waals surface area contributed by atoms with Crippen LogP contribution in [-0.4, -0.2) is 45.3 Å². The van der Waals surface area contributed by atoms with Crippen molar-refractivity contribution in [1.29, 1.82) is 0 Å². The lowest BCUT2D eigenvalue weighted by Gasteiger charge is -2.28. The molecule has 8 heteroatoms. The molecule has 3 rings (SSSR count). The molecule has 0 aliphatic heterocycles. The third-order valence-corrected chi connectivity index (χ3v) is 6.95. The van der Waals surface area contributed by atoms with Crippen molar-refractivity contribution in [2.45, 2.75) is 57.7 Å². The number of ether oxygens (including phenoxy) is 1. The summed E-state index contributed by atoms with van der Waals surface area (Å²) in [5, 5.41) is 29.1. The number of rotatable bonds is 14. The molecule has 206 valence electrons. The van der Waals surface area contributed by atoms with Crippen molar-refractivity contribution in [2.75, 3.05) is 11.4 Å². The van der Waals surface area contributed by atoms with Crippen molar-refractivity contribution in [3.05, 3.63) is 95.6 Å². The van der Waals surface area contributed by atoms with Crippen molar-refractivity contribution in [2.24, 2.45) is 0 Å². The number of amides is 1. The Morgan fingerprint density at radius 2 is 1.51 bits per heavy atom. The smallest absolute Gasteiger partial charge is 0.322 e. The van der Waals surface area contributed by atoms with Crippen LogP contribution in [0.4, 0.5) is 5.69 Å². The molecule has 0 saturated carbocycles. The Bertz CT molecular complexity index is 1240. The van der Waals surface area contributed by atoms with E-state index >= 15 is 0 Å². The van der Waals surface area contributed by atoms with Crippen molar-refractivity contribution >= 4 is 23.5 Å². The van der Waals surface area contributed by atoms with Gasteiger partial charge in [-0.25, -0.2) is 0 Å². The maximum absolute atomic E-state index is 13.5. The minimum atomic E-state index is -1.63. The van der Waals surface area contributed by atoms with E-state index in [1.54, 1.807) is 47.4 Å². The number of aliphatic carboxylic acids is 2. The van der Waals surface area contributed by atoms with Gasteiger partial charge in [0.15, 0.2) is 5.92 Å². The molecule has 0 aliphatic carbocycles. The quantitative estimate of drug-likeness (QED) is 0.234. The van der Waals surface area contributed by atoms with Crippen molar-refractivity contribution < 1.29 is 34.4 Å². The Balaban J connectivity index is 1.76. The molecule has 0 heterocycles. The summed E-state index contributed by atoms with van der Waals surface area (Å²) in [6.07, 6.45) is 2.50. The van der Waals surface area contributed by atoms with Gasteiger partial charge < -0.3 is 25.0 Å². The van der Waals surface area contributed by atoms with Crippen LogP contribution in [0.2, 0.25) is 0 Å². The molecule has 3 aromatic carbocycles. The Labute approximate surface area is 228 Å². The van der Waals surface area contributed by atoms with Crippen LogP contribution in [0, 0.1) is 0 Å². The van der Waals surface area contributed by atoms with Gasteiger partial charge >= 0.3 is 11.9 Å². The maximum atomic E-state index is 13.5. The zero-order chi connectivity index (χ0) is 28.4. The lowest BCUT2D eigenvalue weighted by atomic mass is 9.92. The first-order chi connectivity index (χ1) is 18.7. The molecule has 0 fully saturated rings. The van der Waals surface area contributed by atoms with E-state index in [1.165, 1.54) is 12.1 Å². The third-order valence-electron chi connectivity index (χ3n) is 6.95. The second kappa shape index (κ2) is 13.6. The Morgan fingerprint density at radius 1 is 0.872 bits per heavy atom. The fourth-order valence-electron chi connectivity index (χ4n) is 4.36. The Hall–Kier alpha value is -4.17. The number of aliphatic hydroxyl groups is 1. The van der Waals surface area contributed by atoms with E-state index in [0.29, 0.717) is 49.2 Å². The van der Waals surface area contributed by atoms with E-state index < -0.39 is 23.5 Å². The predicted octanol–water partition coefficient (Wildman–Crippen LogP) is 5.50. The second-order valence-electron chi connectivity index (χ2n) is 9.49. The summed E-state index contributed by atoms with van der Waals surface area (Å²) < 4.78 is 5.95. The molecule has 3 aromatic rings. The van der Waals surface area contributed by atoms with E-state index in [9.17, 15) is 29.7 Å². The average Bonchev–Trinajstić information content (AvgIpc) is 2.94. The van der Waals surface area contributed by atoms with E-state index in [4.69, 9.17) is 4.74 Å². The average molecular weight is 534 g/mol. The van der Waals surface area contributed by atoms with Gasteiger partial charge in [0.05, 0.1) is 5.60 Å². The van der Waals surface area contributed by atoms with Gasteiger partial charge in [0, 0.05) is 23.9 Å². The minimum absolute atomic E-state index is 0.147. The molecular formula is C31H35NO7. The molecule has 3 N–H and O–H groups in total. The molecule has 0 radical (unpaired) electrons. The zero-order valence-electron chi connectivity index (χ0n) is 22.2. The van der Waals surface area contributed by atoms with Gasteiger partial charge in [0.25, 0.3) is 5.91 Å². The summed E-state index contributed by atoms with van der Waals surface area (Å²) in [4.78, 5) is 37.7. The van der Waals surface area contributed by atoms with Crippen LogP contribution in [0.25, 0.3) is 0 Å². The van der Waals surface area contributed by atoms with Gasteiger partial charge in [-0.15, -0.1) is 0 Å². The third kappa shape index (κ3) is 7.91. The van der Waals surface area contributed by atoms with Crippen LogP contribution in [-0.2, 0) is 16.2 Å². The minimum Gasteiger partial charge on any atom is -0.489 e. The molecule has 0 atom stereocenters. The summed E-state index contributed by atoms with van der Waals surface area (Å²) in [6, 6.07) is 22.4. The monoisotopic (exact) mass is 533 g/mol. The standard InChI is InChI=1S/C31H35NO7/c1-3-31(38,4-2)18-9-19-32(28(33)24-10-6-5-7-11-24)25-12-8-13-26(20-25)39-21-22-14-16-23(17-15-22)27(29(34)35)30(36)37/h5-8,10-17,20,27,38H,3-4,9,18-19,21H2,1-2H3,(H,34,35)(H,36,37).